The van der Waals surface area contributed by atoms with Gasteiger partial charge < -0.3 is 5.73 Å². The minimum atomic E-state index is -4.13. The summed E-state index contributed by atoms with van der Waals surface area (Å²) in [7, 11) is 0. The molecule has 0 aromatic heterocycles. The zero-order valence-electron chi connectivity index (χ0n) is 7.36. The van der Waals surface area contributed by atoms with Crippen molar-refractivity contribution in [3.63, 3.8) is 0 Å². The number of halogens is 3. The third-order valence-corrected chi connectivity index (χ3v) is 1.75. The molecule has 0 bridgehead atoms. The average molecular weight is 184 g/mol. The third-order valence-electron chi connectivity index (χ3n) is 1.75. The first-order chi connectivity index (χ1) is 5.40. The summed E-state index contributed by atoms with van der Waals surface area (Å²) in [5, 5.41) is 0. The number of hydrogen-bond acceptors (Lipinski definition) is 2. The zero-order valence-corrected chi connectivity index (χ0v) is 7.36. The van der Waals surface area contributed by atoms with Crippen LogP contribution in [0.15, 0.2) is 0 Å². The van der Waals surface area contributed by atoms with E-state index >= 15 is 0 Å². The quantitative estimate of drug-likeness (QED) is 0.711. The summed E-state index contributed by atoms with van der Waals surface area (Å²) in [5.74, 6) is 0. The first-order valence-electron chi connectivity index (χ1n) is 3.91. The number of alkyl halides is 3. The monoisotopic (exact) mass is 184 g/mol. The molecule has 1 unspecified atom stereocenters. The Hall–Kier alpha value is -0.290. The second-order valence-electron chi connectivity index (χ2n) is 2.76. The summed E-state index contributed by atoms with van der Waals surface area (Å²) in [4.78, 5) is 1.31. The molecule has 0 fully saturated rings. The SMILES string of the molecule is CCN(CC(F)(F)F)C(C)CN. The van der Waals surface area contributed by atoms with E-state index in [-0.39, 0.29) is 12.6 Å². The average Bonchev–Trinajstić information content (AvgIpc) is 1.97. The van der Waals surface area contributed by atoms with Crippen molar-refractivity contribution in [3.05, 3.63) is 0 Å². The number of likely N-dealkylation sites (N-methyl/N-ethyl adjacent to an activating group) is 1. The topological polar surface area (TPSA) is 29.3 Å². The Morgan fingerprint density at radius 1 is 1.42 bits per heavy atom. The van der Waals surface area contributed by atoms with E-state index < -0.39 is 12.7 Å². The molecule has 0 saturated heterocycles. The van der Waals surface area contributed by atoms with Crippen LogP contribution in [-0.4, -0.2) is 36.8 Å². The first kappa shape index (κ1) is 11.7. The maximum atomic E-state index is 11.9. The highest BCUT2D eigenvalue weighted by molar-refractivity contribution is 4.69. The Bertz CT molecular complexity index is 124. The molecule has 0 aliphatic carbocycles. The zero-order chi connectivity index (χ0) is 9.78. The molecular weight excluding hydrogens is 169 g/mol. The lowest BCUT2D eigenvalue weighted by molar-refractivity contribution is -0.149. The van der Waals surface area contributed by atoms with Crippen LogP contribution in [0.4, 0.5) is 13.2 Å². The summed E-state index contributed by atoms with van der Waals surface area (Å²) >= 11 is 0. The highest BCUT2D eigenvalue weighted by Crippen LogP contribution is 2.17. The van der Waals surface area contributed by atoms with Gasteiger partial charge in [-0.15, -0.1) is 0 Å². The lowest BCUT2D eigenvalue weighted by atomic mass is 10.3. The van der Waals surface area contributed by atoms with Gasteiger partial charge in [-0.05, 0) is 13.5 Å². The van der Waals surface area contributed by atoms with Gasteiger partial charge in [0.15, 0.2) is 0 Å². The molecule has 2 N–H and O–H groups in total. The van der Waals surface area contributed by atoms with Crippen LogP contribution in [0.2, 0.25) is 0 Å². The molecule has 0 aliphatic heterocycles. The molecule has 0 spiro atoms. The molecule has 2 nitrogen and oxygen atoms in total. The van der Waals surface area contributed by atoms with Crippen LogP contribution >= 0.6 is 0 Å². The van der Waals surface area contributed by atoms with Crippen LogP contribution in [0.5, 0.6) is 0 Å². The highest BCUT2D eigenvalue weighted by Gasteiger charge is 2.31. The van der Waals surface area contributed by atoms with Crippen LogP contribution in [0.25, 0.3) is 0 Å². The molecule has 12 heavy (non-hydrogen) atoms. The van der Waals surface area contributed by atoms with Crippen molar-refractivity contribution in [3.8, 4) is 0 Å². The third kappa shape index (κ3) is 4.56. The van der Waals surface area contributed by atoms with Gasteiger partial charge in [-0.3, -0.25) is 4.90 Å². The number of nitrogens with zero attached hydrogens (tertiary/aromatic N) is 1. The molecular formula is C7H15F3N2. The van der Waals surface area contributed by atoms with E-state index in [4.69, 9.17) is 5.73 Å². The molecule has 5 heteroatoms. The lowest BCUT2D eigenvalue weighted by Gasteiger charge is -2.27. The summed E-state index contributed by atoms with van der Waals surface area (Å²) in [6.07, 6.45) is -4.13. The number of nitrogens with two attached hydrogens (primary N) is 1. The summed E-state index contributed by atoms with van der Waals surface area (Å²) in [6, 6.07) is -0.211. The van der Waals surface area contributed by atoms with Gasteiger partial charge in [0, 0.05) is 12.6 Å². The second kappa shape index (κ2) is 4.67. The number of hydrogen-bond donors (Lipinski definition) is 1. The van der Waals surface area contributed by atoms with Crippen molar-refractivity contribution in [2.45, 2.75) is 26.1 Å². The predicted octanol–water partition coefficient (Wildman–Crippen LogP) is 1.22. The molecule has 0 saturated carbocycles. The Morgan fingerprint density at radius 3 is 2.17 bits per heavy atom. The van der Waals surface area contributed by atoms with Gasteiger partial charge in [-0.1, -0.05) is 6.92 Å². The van der Waals surface area contributed by atoms with Crippen LogP contribution in [0.3, 0.4) is 0 Å². The van der Waals surface area contributed by atoms with Gasteiger partial charge >= 0.3 is 6.18 Å². The number of rotatable bonds is 4. The van der Waals surface area contributed by atoms with Crippen LogP contribution in [0, 0.1) is 0 Å². The molecule has 0 aromatic carbocycles. The fourth-order valence-electron chi connectivity index (χ4n) is 0.959. The molecule has 74 valence electrons. The molecule has 0 rings (SSSR count). The van der Waals surface area contributed by atoms with E-state index in [1.54, 1.807) is 13.8 Å². The molecule has 0 amide bonds. The second-order valence-corrected chi connectivity index (χ2v) is 2.76. The van der Waals surface area contributed by atoms with E-state index in [1.165, 1.54) is 4.90 Å². The summed E-state index contributed by atoms with van der Waals surface area (Å²) in [6.45, 7) is 3.14. The normalized spacial score (nSPS) is 15.2. The van der Waals surface area contributed by atoms with Crippen molar-refractivity contribution < 1.29 is 13.2 Å². The van der Waals surface area contributed by atoms with E-state index in [2.05, 4.69) is 0 Å². The van der Waals surface area contributed by atoms with E-state index in [1.807, 2.05) is 0 Å². The Morgan fingerprint density at radius 2 is 1.92 bits per heavy atom. The minimum Gasteiger partial charge on any atom is -0.329 e. The van der Waals surface area contributed by atoms with Crippen LogP contribution in [0.1, 0.15) is 13.8 Å². The Kier molecular flexibility index (Phi) is 4.55. The standard InChI is InChI=1S/C7H15F3N2/c1-3-12(6(2)4-11)5-7(8,9)10/h6H,3-5,11H2,1-2H3. The molecule has 0 radical (unpaired) electrons. The maximum Gasteiger partial charge on any atom is 0.401 e. The molecule has 0 aromatic rings. The van der Waals surface area contributed by atoms with E-state index in [0.29, 0.717) is 6.54 Å². The van der Waals surface area contributed by atoms with Crippen molar-refractivity contribution in [1.82, 2.24) is 4.90 Å². The highest BCUT2D eigenvalue weighted by atomic mass is 19.4. The Balaban J connectivity index is 3.99. The predicted molar refractivity (Wildman–Crippen MR) is 41.8 cm³/mol. The smallest absolute Gasteiger partial charge is 0.329 e. The fraction of sp³-hybridized carbons (Fsp3) is 1.00. The largest absolute Gasteiger partial charge is 0.401 e. The maximum absolute atomic E-state index is 11.9. The first-order valence-corrected chi connectivity index (χ1v) is 3.91. The van der Waals surface area contributed by atoms with Gasteiger partial charge in [-0.2, -0.15) is 13.2 Å². The van der Waals surface area contributed by atoms with Crippen molar-refractivity contribution >= 4 is 0 Å². The molecule has 1 atom stereocenters. The lowest BCUT2D eigenvalue weighted by Crippen LogP contribution is -2.43. The minimum absolute atomic E-state index is 0.211. The fourth-order valence-corrected chi connectivity index (χ4v) is 0.959. The van der Waals surface area contributed by atoms with Gasteiger partial charge in [0.05, 0.1) is 6.54 Å². The Labute approximate surface area is 70.5 Å². The van der Waals surface area contributed by atoms with E-state index in [9.17, 15) is 13.2 Å². The van der Waals surface area contributed by atoms with Crippen LogP contribution < -0.4 is 5.73 Å². The summed E-state index contributed by atoms with van der Waals surface area (Å²) in [5.41, 5.74) is 5.26. The van der Waals surface area contributed by atoms with Crippen molar-refractivity contribution in [1.29, 1.82) is 0 Å². The molecule has 0 aliphatic rings. The van der Waals surface area contributed by atoms with Gasteiger partial charge in [0.2, 0.25) is 0 Å². The van der Waals surface area contributed by atoms with E-state index in [0.717, 1.165) is 0 Å². The van der Waals surface area contributed by atoms with Gasteiger partial charge in [0.25, 0.3) is 0 Å². The van der Waals surface area contributed by atoms with Crippen molar-refractivity contribution in [2.24, 2.45) is 5.73 Å². The van der Waals surface area contributed by atoms with Gasteiger partial charge in [-0.25, -0.2) is 0 Å². The molecule has 0 heterocycles. The summed E-state index contributed by atoms with van der Waals surface area (Å²) < 4.78 is 35.7. The van der Waals surface area contributed by atoms with Crippen molar-refractivity contribution in [2.75, 3.05) is 19.6 Å². The van der Waals surface area contributed by atoms with Gasteiger partial charge in [0.1, 0.15) is 0 Å². The van der Waals surface area contributed by atoms with Crippen LogP contribution in [-0.2, 0) is 0 Å².